The van der Waals surface area contributed by atoms with Crippen molar-refractivity contribution in [1.29, 1.82) is 0 Å². The number of hydrogen-bond donors (Lipinski definition) is 2. The third-order valence-electron chi connectivity index (χ3n) is 5.48. The minimum atomic E-state index is -0.135. The second kappa shape index (κ2) is 7.92. The number of nitrogens with one attached hydrogen (secondary N) is 2. The molecule has 9 nitrogen and oxygen atoms in total. The van der Waals surface area contributed by atoms with E-state index in [-0.39, 0.29) is 30.2 Å². The maximum absolute atomic E-state index is 13.0. The lowest BCUT2D eigenvalue weighted by Crippen LogP contribution is -2.28. The monoisotopic (exact) mass is 414 g/mol. The maximum Gasteiger partial charge on any atom is 0.229 e. The molecule has 2 atom stereocenters. The number of benzene rings is 1. The van der Waals surface area contributed by atoms with Crippen molar-refractivity contribution >= 4 is 24.0 Å². The molecule has 1 aliphatic heterocycles. The van der Waals surface area contributed by atoms with Crippen LogP contribution in [0.3, 0.4) is 0 Å². The molecule has 3 aromatic rings. The fraction of sp³-hybridized carbons (Fsp3) is 0.421. The average Bonchev–Trinajstić information content (AvgIpc) is 3.11. The van der Waals surface area contributed by atoms with Crippen molar-refractivity contribution in [2.24, 2.45) is 13.0 Å². The molecule has 3 heterocycles. The van der Waals surface area contributed by atoms with Gasteiger partial charge in [0.15, 0.2) is 5.82 Å². The Morgan fingerprint density at radius 3 is 2.90 bits per heavy atom. The predicted molar refractivity (Wildman–Crippen MR) is 110 cm³/mol. The van der Waals surface area contributed by atoms with Gasteiger partial charge in [-0.15, -0.1) is 17.5 Å². The molecule has 1 saturated carbocycles. The zero-order valence-corrected chi connectivity index (χ0v) is 16.8. The van der Waals surface area contributed by atoms with E-state index in [4.69, 9.17) is 0 Å². The van der Waals surface area contributed by atoms with Crippen LogP contribution in [0.15, 0.2) is 36.7 Å². The number of tetrazole rings is 1. The van der Waals surface area contributed by atoms with Crippen molar-refractivity contribution in [1.82, 2.24) is 35.3 Å². The van der Waals surface area contributed by atoms with Crippen molar-refractivity contribution in [2.45, 2.75) is 24.8 Å². The van der Waals surface area contributed by atoms with Gasteiger partial charge in [-0.05, 0) is 41.0 Å². The van der Waals surface area contributed by atoms with Crippen molar-refractivity contribution in [3.63, 3.8) is 0 Å². The van der Waals surface area contributed by atoms with Gasteiger partial charge in [0.1, 0.15) is 0 Å². The summed E-state index contributed by atoms with van der Waals surface area (Å²) in [5, 5.41) is 22.7. The predicted octanol–water partition coefficient (Wildman–Crippen LogP) is 1.77. The van der Waals surface area contributed by atoms with Crippen LogP contribution in [-0.2, 0) is 11.8 Å². The molecule has 2 N–H and O–H groups in total. The molecule has 1 saturated heterocycles. The van der Waals surface area contributed by atoms with Crippen LogP contribution in [0.1, 0.15) is 30.4 Å². The number of nitrogens with zero attached hydrogens (tertiary/aromatic N) is 6. The van der Waals surface area contributed by atoms with Gasteiger partial charge >= 0.3 is 0 Å². The van der Waals surface area contributed by atoms with E-state index in [1.807, 2.05) is 48.4 Å². The molecule has 29 heavy (non-hydrogen) atoms. The minimum Gasteiger partial charge on any atom is -0.326 e. The molecule has 2 aliphatic rings. The molecular formula is C19H23ClN8O. The first kappa shape index (κ1) is 19.5. The maximum atomic E-state index is 13.0. The van der Waals surface area contributed by atoms with Gasteiger partial charge in [-0.2, -0.15) is 5.10 Å². The van der Waals surface area contributed by atoms with Gasteiger partial charge in [-0.1, -0.05) is 12.1 Å². The first-order valence-electron chi connectivity index (χ1n) is 9.57. The number of aromatic nitrogens is 6. The van der Waals surface area contributed by atoms with Gasteiger partial charge in [0, 0.05) is 43.5 Å². The lowest BCUT2D eigenvalue weighted by atomic mass is 9.90. The number of carbonyl (C=O) groups excluding carboxylic acids is 1. The molecule has 1 aliphatic carbocycles. The molecule has 2 fully saturated rings. The van der Waals surface area contributed by atoms with Crippen LogP contribution in [0.25, 0.3) is 11.4 Å². The number of hydrogen-bond acceptors (Lipinski definition) is 6. The Morgan fingerprint density at radius 1 is 1.28 bits per heavy atom. The van der Waals surface area contributed by atoms with Gasteiger partial charge in [0.25, 0.3) is 0 Å². The highest BCUT2D eigenvalue weighted by molar-refractivity contribution is 5.94. The number of rotatable bonds is 5. The number of carbonyl (C=O) groups is 1. The van der Waals surface area contributed by atoms with Crippen LogP contribution in [0, 0.1) is 5.92 Å². The molecule has 0 radical (unpaired) electrons. The van der Waals surface area contributed by atoms with E-state index >= 15 is 0 Å². The third-order valence-corrected chi connectivity index (χ3v) is 5.48. The molecular weight excluding hydrogens is 392 g/mol. The Hall–Kier alpha value is -2.78. The summed E-state index contributed by atoms with van der Waals surface area (Å²) in [6.07, 6.45) is 6.05. The lowest BCUT2D eigenvalue weighted by molar-refractivity contribution is -0.119. The van der Waals surface area contributed by atoms with E-state index in [9.17, 15) is 4.79 Å². The normalized spacial score (nSPS) is 21.0. The van der Waals surface area contributed by atoms with E-state index < -0.39 is 0 Å². The minimum absolute atomic E-state index is 0. The number of aryl methyl sites for hydroxylation is 1. The number of halogens is 1. The molecule has 10 heteroatoms. The summed E-state index contributed by atoms with van der Waals surface area (Å²) in [7, 11) is 1.89. The highest BCUT2D eigenvalue weighted by Crippen LogP contribution is 2.37. The summed E-state index contributed by atoms with van der Waals surface area (Å²) >= 11 is 0. The van der Waals surface area contributed by atoms with Gasteiger partial charge in [0.05, 0.1) is 18.2 Å². The van der Waals surface area contributed by atoms with Crippen LogP contribution < -0.4 is 10.6 Å². The van der Waals surface area contributed by atoms with E-state index in [0.29, 0.717) is 12.6 Å². The first-order valence-corrected chi connectivity index (χ1v) is 9.57. The van der Waals surface area contributed by atoms with Crippen LogP contribution in [-0.4, -0.2) is 49.0 Å². The van der Waals surface area contributed by atoms with Crippen molar-refractivity contribution < 1.29 is 4.79 Å². The van der Waals surface area contributed by atoms with Crippen molar-refractivity contribution in [3.05, 3.63) is 42.2 Å². The van der Waals surface area contributed by atoms with Crippen LogP contribution in [0.5, 0.6) is 0 Å². The van der Waals surface area contributed by atoms with Gasteiger partial charge in [0.2, 0.25) is 5.91 Å². The molecule has 2 aromatic heterocycles. The van der Waals surface area contributed by atoms with Crippen LogP contribution in [0.4, 0.5) is 5.69 Å². The third kappa shape index (κ3) is 3.88. The first-order chi connectivity index (χ1) is 13.7. The Labute approximate surface area is 174 Å². The summed E-state index contributed by atoms with van der Waals surface area (Å²) in [6.45, 7) is 1.44. The molecule has 0 bridgehead atoms. The molecule has 0 unspecified atom stereocenters. The quantitative estimate of drug-likeness (QED) is 0.659. The van der Waals surface area contributed by atoms with E-state index in [1.54, 1.807) is 4.68 Å². The second-order valence-corrected chi connectivity index (χ2v) is 7.57. The number of anilines is 1. The molecule has 1 amide bonds. The van der Waals surface area contributed by atoms with Crippen molar-refractivity contribution in [3.8, 4) is 11.4 Å². The largest absolute Gasteiger partial charge is 0.326 e. The summed E-state index contributed by atoms with van der Waals surface area (Å²) in [6, 6.07) is 8.11. The van der Waals surface area contributed by atoms with E-state index in [0.717, 1.165) is 42.0 Å². The summed E-state index contributed by atoms with van der Waals surface area (Å²) < 4.78 is 3.65. The highest BCUT2D eigenvalue weighted by Gasteiger charge is 2.35. The fourth-order valence-corrected chi connectivity index (χ4v) is 3.86. The second-order valence-electron chi connectivity index (χ2n) is 7.57. The highest BCUT2D eigenvalue weighted by atomic mass is 35.5. The van der Waals surface area contributed by atoms with E-state index in [1.165, 1.54) is 0 Å². The SMILES string of the molecule is Cl.Cn1cc([C@H]2CNC[C@@H]2C(=O)Nc2cccc(-c3nnnn3C3CC3)c2)cn1. The Morgan fingerprint density at radius 2 is 2.14 bits per heavy atom. The topological polar surface area (TPSA) is 103 Å². The molecule has 1 aromatic carbocycles. The molecule has 0 spiro atoms. The summed E-state index contributed by atoms with van der Waals surface area (Å²) in [4.78, 5) is 13.0. The van der Waals surface area contributed by atoms with Crippen molar-refractivity contribution in [2.75, 3.05) is 18.4 Å². The average molecular weight is 415 g/mol. The molecule has 5 rings (SSSR count). The number of amides is 1. The lowest BCUT2D eigenvalue weighted by Gasteiger charge is -2.17. The van der Waals surface area contributed by atoms with Crippen LogP contribution in [0.2, 0.25) is 0 Å². The van der Waals surface area contributed by atoms with E-state index in [2.05, 4.69) is 31.3 Å². The molecule has 152 valence electrons. The van der Waals surface area contributed by atoms with Gasteiger partial charge in [-0.25, -0.2) is 4.68 Å². The Bertz CT molecular complexity index is 1010. The fourth-order valence-electron chi connectivity index (χ4n) is 3.86. The van der Waals surface area contributed by atoms with Gasteiger partial charge < -0.3 is 10.6 Å². The zero-order chi connectivity index (χ0) is 19.1. The van der Waals surface area contributed by atoms with Gasteiger partial charge in [-0.3, -0.25) is 9.48 Å². The smallest absolute Gasteiger partial charge is 0.229 e. The summed E-state index contributed by atoms with van der Waals surface area (Å²) in [5.74, 6) is 0.746. The van der Waals surface area contributed by atoms with Crippen LogP contribution >= 0.6 is 12.4 Å². The summed E-state index contributed by atoms with van der Waals surface area (Å²) in [5.41, 5.74) is 2.75. The Balaban J connectivity index is 0.00000205. The zero-order valence-electron chi connectivity index (χ0n) is 16.0. The standard InChI is InChI=1S/C19H22N8O.ClH/c1-26-11-13(8-21-26)16-9-20-10-17(16)19(28)22-14-4-2-3-12(7-14)18-23-24-25-27(18)15-5-6-15;/h2-4,7-8,11,15-17,20H,5-6,9-10H2,1H3,(H,22,28);1H/t16-,17+;/m1./s1. The Kier molecular flexibility index (Phi) is 5.33.